The summed E-state index contributed by atoms with van der Waals surface area (Å²) in [7, 11) is 1.63. The second-order valence-electron chi connectivity index (χ2n) is 7.38. The number of H-pyrrole nitrogens is 1. The molecule has 5 nitrogen and oxygen atoms in total. The molecule has 0 bridgehead atoms. The van der Waals surface area contributed by atoms with Gasteiger partial charge in [0.15, 0.2) is 0 Å². The minimum atomic E-state index is -0.369. The largest absolute Gasteiger partial charge is 0.496 e. The normalized spacial score (nSPS) is 12.7. The average Bonchev–Trinajstić information content (AvgIpc) is 2.54. The molecule has 1 aromatic heterocycles. The number of primary amides is 1. The Bertz CT molecular complexity index is 832. The van der Waals surface area contributed by atoms with E-state index in [9.17, 15) is 9.59 Å². The molecule has 1 atom stereocenters. The third-order valence-electron chi connectivity index (χ3n) is 4.35. The van der Waals surface area contributed by atoms with Crippen LogP contribution in [0, 0.1) is 5.92 Å². The number of hydrogen-bond acceptors (Lipinski definition) is 3. The molecule has 0 aliphatic rings. The van der Waals surface area contributed by atoms with Crippen LogP contribution in [-0.4, -0.2) is 18.0 Å². The van der Waals surface area contributed by atoms with Crippen molar-refractivity contribution in [2.45, 2.75) is 39.5 Å². The van der Waals surface area contributed by atoms with Crippen LogP contribution in [0.1, 0.15) is 38.8 Å². The van der Waals surface area contributed by atoms with Gasteiger partial charge in [-0.15, -0.1) is 0 Å². The van der Waals surface area contributed by atoms with Gasteiger partial charge >= 0.3 is 0 Å². The molecule has 2 rings (SSSR count). The minimum Gasteiger partial charge on any atom is -0.496 e. The Morgan fingerprint density at radius 3 is 2.48 bits per heavy atom. The average molecular weight is 342 g/mol. The van der Waals surface area contributed by atoms with Crippen molar-refractivity contribution in [2.24, 2.45) is 11.7 Å². The van der Waals surface area contributed by atoms with E-state index in [-0.39, 0.29) is 22.8 Å². The van der Waals surface area contributed by atoms with Crippen LogP contribution in [0.5, 0.6) is 5.75 Å². The maximum absolute atomic E-state index is 12.3. The van der Waals surface area contributed by atoms with Crippen molar-refractivity contribution in [1.29, 1.82) is 0 Å². The Morgan fingerprint density at radius 2 is 1.96 bits per heavy atom. The van der Waals surface area contributed by atoms with Crippen LogP contribution in [-0.2, 0) is 16.6 Å². The molecule has 1 heterocycles. The van der Waals surface area contributed by atoms with Crippen molar-refractivity contribution in [2.75, 3.05) is 7.11 Å². The minimum absolute atomic E-state index is 0.157. The van der Waals surface area contributed by atoms with Crippen molar-refractivity contribution >= 4 is 5.91 Å². The fourth-order valence-corrected chi connectivity index (χ4v) is 2.86. The van der Waals surface area contributed by atoms with Gasteiger partial charge in [0.25, 0.3) is 5.56 Å². The molecule has 2 aromatic rings. The highest BCUT2D eigenvalue weighted by molar-refractivity contribution is 5.78. The van der Waals surface area contributed by atoms with E-state index in [1.807, 2.05) is 12.1 Å². The summed E-state index contributed by atoms with van der Waals surface area (Å²) in [6, 6.07) is 7.48. The van der Waals surface area contributed by atoms with Crippen LogP contribution in [0.3, 0.4) is 0 Å². The monoisotopic (exact) mass is 342 g/mol. The molecule has 5 heteroatoms. The van der Waals surface area contributed by atoms with Crippen molar-refractivity contribution in [3.05, 3.63) is 51.9 Å². The van der Waals surface area contributed by atoms with Gasteiger partial charge in [0.2, 0.25) is 5.91 Å². The standard InChI is InChI=1S/C20H26N2O3/c1-12(18(21)23)9-13-10-17(25-5)16(20(2,3)4)11-15(13)14-7-6-8-22-19(14)24/h6-8,10-12H,9H2,1-5H3,(H2,21,23)(H,22,24). The van der Waals surface area contributed by atoms with Gasteiger partial charge in [0.1, 0.15) is 5.75 Å². The van der Waals surface area contributed by atoms with E-state index >= 15 is 0 Å². The summed E-state index contributed by atoms with van der Waals surface area (Å²) in [5.41, 5.74) is 8.36. The first-order chi connectivity index (χ1) is 11.6. The predicted molar refractivity (Wildman–Crippen MR) is 99.8 cm³/mol. The quantitative estimate of drug-likeness (QED) is 0.876. The summed E-state index contributed by atoms with van der Waals surface area (Å²) in [4.78, 5) is 26.6. The third kappa shape index (κ3) is 4.10. The lowest BCUT2D eigenvalue weighted by Crippen LogP contribution is -2.23. The zero-order valence-electron chi connectivity index (χ0n) is 15.5. The van der Waals surface area contributed by atoms with Crippen molar-refractivity contribution in [3.63, 3.8) is 0 Å². The first kappa shape index (κ1) is 18.8. The summed E-state index contributed by atoms with van der Waals surface area (Å²) in [5.74, 6) is 0.0359. The van der Waals surface area contributed by atoms with E-state index in [1.165, 1.54) is 0 Å². The molecule has 0 saturated carbocycles. The Balaban J connectivity index is 2.74. The van der Waals surface area contributed by atoms with Crippen LogP contribution in [0.2, 0.25) is 0 Å². The molecule has 25 heavy (non-hydrogen) atoms. The number of nitrogens with one attached hydrogen (secondary N) is 1. The van der Waals surface area contributed by atoms with Crippen molar-refractivity contribution < 1.29 is 9.53 Å². The van der Waals surface area contributed by atoms with E-state index in [4.69, 9.17) is 10.5 Å². The number of ether oxygens (including phenoxy) is 1. The topological polar surface area (TPSA) is 85.2 Å². The van der Waals surface area contributed by atoms with Crippen LogP contribution < -0.4 is 16.0 Å². The van der Waals surface area contributed by atoms with E-state index in [0.29, 0.717) is 12.0 Å². The molecule has 1 amide bonds. The van der Waals surface area contributed by atoms with Crippen LogP contribution in [0.25, 0.3) is 11.1 Å². The van der Waals surface area contributed by atoms with Crippen LogP contribution in [0.4, 0.5) is 0 Å². The van der Waals surface area contributed by atoms with E-state index < -0.39 is 0 Å². The highest BCUT2D eigenvalue weighted by Gasteiger charge is 2.23. The molecule has 0 fully saturated rings. The lowest BCUT2D eigenvalue weighted by atomic mass is 9.82. The number of benzene rings is 1. The van der Waals surface area contributed by atoms with Gasteiger partial charge in [-0.2, -0.15) is 0 Å². The molecule has 1 aromatic carbocycles. The van der Waals surface area contributed by atoms with E-state index in [1.54, 1.807) is 32.4 Å². The number of carbonyl (C=O) groups is 1. The van der Waals surface area contributed by atoms with Crippen molar-refractivity contribution in [1.82, 2.24) is 4.98 Å². The molecular formula is C20H26N2O3. The zero-order chi connectivity index (χ0) is 18.8. The number of methoxy groups -OCH3 is 1. The number of amides is 1. The van der Waals surface area contributed by atoms with Crippen LogP contribution in [0.15, 0.2) is 35.3 Å². The molecule has 3 N–H and O–H groups in total. The number of nitrogens with two attached hydrogens (primary N) is 1. The first-order valence-electron chi connectivity index (χ1n) is 8.34. The first-order valence-corrected chi connectivity index (χ1v) is 8.34. The molecular weight excluding hydrogens is 316 g/mol. The molecule has 0 aliphatic heterocycles. The molecule has 0 spiro atoms. The summed E-state index contributed by atoms with van der Waals surface area (Å²) >= 11 is 0. The van der Waals surface area contributed by atoms with E-state index in [0.717, 1.165) is 22.4 Å². The summed E-state index contributed by atoms with van der Waals surface area (Å²) in [6.07, 6.45) is 2.05. The molecule has 1 unspecified atom stereocenters. The Hall–Kier alpha value is -2.56. The fourth-order valence-electron chi connectivity index (χ4n) is 2.86. The third-order valence-corrected chi connectivity index (χ3v) is 4.35. The van der Waals surface area contributed by atoms with Gasteiger partial charge in [-0.25, -0.2) is 0 Å². The number of pyridine rings is 1. The maximum Gasteiger partial charge on any atom is 0.255 e. The summed E-state index contributed by atoms with van der Waals surface area (Å²) in [5, 5.41) is 0. The molecule has 0 saturated heterocycles. The van der Waals surface area contributed by atoms with Gasteiger partial charge < -0.3 is 15.5 Å². The number of aromatic amines is 1. The summed E-state index contributed by atoms with van der Waals surface area (Å²) in [6.45, 7) is 8.06. The maximum atomic E-state index is 12.3. The lowest BCUT2D eigenvalue weighted by molar-refractivity contribution is -0.121. The lowest BCUT2D eigenvalue weighted by Gasteiger charge is -2.25. The van der Waals surface area contributed by atoms with Gasteiger partial charge in [-0.3, -0.25) is 9.59 Å². The molecule has 0 aliphatic carbocycles. The van der Waals surface area contributed by atoms with E-state index in [2.05, 4.69) is 25.8 Å². The summed E-state index contributed by atoms with van der Waals surface area (Å²) < 4.78 is 5.57. The number of rotatable bonds is 5. The van der Waals surface area contributed by atoms with Gasteiger partial charge in [0.05, 0.1) is 7.11 Å². The SMILES string of the molecule is COc1cc(CC(C)C(N)=O)c(-c2ccc[nH]c2=O)cc1C(C)(C)C. The Labute approximate surface area is 148 Å². The predicted octanol–water partition coefficient (Wildman–Crippen LogP) is 3.01. The molecule has 0 radical (unpaired) electrons. The van der Waals surface area contributed by atoms with Crippen molar-refractivity contribution in [3.8, 4) is 16.9 Å². The van der Waals surface area contributed by atoms with Gasteiger partial charge in [-0.05, 0) is 47.2 Å². The number of hydrogen-bond donors (Lipinski definition) is 2. The van der Waals surface area contributed by atoms with Crippen LogP contribution >= 0.6 is 0 Å². The second kappa shape index (κ2) is 7.13. The smallest absolute Gasteiger partial charge is 0.255 e. The highest BCUT2D eigenvalue weighted by atomic mass is 16.5. The number of aromatic nitrogens is 1. The highest BCUT2D eigenvalue weighted by Crippen LogP contribution is 2.37. The van der Waals surface area contributed by atoms with Gasteiger partial charge in [0, 0.05) is 23.2 Å². The molecule has 134 valence electrons. The second-order valence-corrected chi connectivity index (χ2v) is 7.38. The Kier molecular flexibility index (Phi) is 5.36. The Morgan fingerprint density at radius 1 is 1.28 bits per heavy atom. The van der Waals surface area contributed by atoms with Gasteiger partial charge in [-0.1, -0.05) is 27.7 Å². The fraction of sp³-hybridized carbons (Fsp3) is 0.400. The zero-order valence-corrected chi connectivity index (χ0v) is 15.5. The number of carbonyl (C=O) groups excluding carboxylic acids is 1.